The Morgan fingerprint density at radius 2 is 2.15 bits per heavy atom. The number of aromatic nitrogens is 1. The topological polar surface area (TPSA) is 98.2 Å². The van der Waals surface area contributed by atoms with Crippen molar-refractivity contribution in [2.24, 2.45) is 0 Å². The molecule has 0 fully saturated rings. The van der Waals surface area contributed by atoms with Gasteiger partial charge >= 0.3 is 0 Å². The number of rotatable bonds is 4. The monoisotopic (exact) mass is 315 g/mol. The fourth-order valence-electron chi connectivity index (χ4n) is 1.64. The maximum absolute atomic E-state index is 12.3. The molecule has 1 atom stereocenters. The number of sulfonamides is 1. The smallest absolute Gasteiger partial charge is 0.242 e. The standard InChI is InChI=1S/C12H14ClN3O3S/c1-7-6-15-12(19-7)8(2)16-20(17,18)11-5-9(14)3-4-10(11)13/h3-6,8,16H,14H2,1-2H3. The molecule has 0 amide bonds. The van der Waals surface area contributed by atoms with Crippen molar-refractivity contribution in [1.82, 2.24) is 9.71 Å². The second-order valence-corrected chi connectivity index (χ2v) is 6.43. The van der Waals surface area contributed by atoms with Gasteiger partial charge in [0.05, 0.1) is 17.3 Å². The first-order chi connectivity index (χ1) is 9.29. The summed E-state index contributed by atoms with van der Waals surface area (Å²) in [6.07, 6.45) is 1.52. The molecular formula is C12H14ClN3O3S. The second-order valence-electron chi connectivity index (χ2n) is 4.34. The number of aryl methyl sites for hydroxylation is 1. The molecule has 8 heteroatoms. The normalized spacial score (nSPS) is 13.3. The minimum absolute atomic E-state index is 0.0747. The van der Waals surface area contributed by atoms with Gasteiger partial charge in [0.25, 0.3) is 0 Å². The molecule has 0 radical (unpaired) electrons. The number of nitrogen functional groups attached to an aromatic ring is 1. The van der Waals surface area contributed by atoms with Crippen molar-refractivity contribution in [3.8, 4) is 0 Å². The van der Waals surface area contributed by atoms with E-state index in [4.69, 9.17) is 21.8 Å². The van der Waals surface area contributed by atoms with E-state index in [2.05, 4.69) is 9.71 Å². The van der Waals surface area contributed by atoms with Gasteiger partial charge in [-0.25, -0.2) is 13.4 Å². The van der Waals surface area contributed by atoms with Gasteiger partial charge in [0.2, 0.25) is 15.9 Å². The van der Waals surface area contributed by atoms with E-state index in [0.29, 0.717) is 11.4 Å². The zero-order chi connectivity index (χ0) is 14.9. The van der Waals surface area contributed by atoms with Crippen LogP contribution in [0.3, 0.4) is 0 Å². The first-order valence-corrected chi connectivity index (χ1v) is 7.65. The summed E-state index contributed by atoms with van der Waals surface area (Å²) in [6.45, 7) is 3.36. The molecule has 0 aliphatic heterocycles. The molecule has 20 heavy (non-hydrogen) atoms. The van der Waals surface area contributed by atoms with Crippen LogP contribution in [0.5, 0.6) is 0 Å². The van der Waals surface area contributed by atoms with Crippen LogP contribution in [0.15, 0.2) is 33.7 Å². The van der Waals surface area contributed by atoms with Gasteiger partial charge in [-0.05, 0) is 32.0 Å². The SMILES string of the molecule is Cc1cnc(C(C)NS(=O)(=O)c2cc(N)ccc2Cl)o1. The molecule has 0 saturated heterocycles. The molecule has 0 spiro atoms. The largest absolute Gasteiger partial charge is 0.444 e. The highest BCUT2D eigenvalue weighted by Gasteiger charge is 2.23. The minimum Gasteiger partial charge on any atom is -0.444 e. The molecule has 0 aliphatic rings. The van der Waals surface area contributed by atoms with Gasteiger partial charge in [-0.15, -0.1) is 0 Å². The molecule has 1 unspecified atom stereocenters. The summed E-state index contributed by atoms with van der Waals surface area (Å²) in [4.78, 5) is 3.91. The van der Waals surface area contributed by atoms with Crippen molar-refractivity contribution in [1.29, 1.82) is 0 Å². The second kappa shape index (κ2) is 5.43. The maximum atomic E-state index is 12.3. The van der Waals surface area contributed by atoms with E-state index < -0.39 is 16.1 Å². The Labute approximate surface area is 122 Å². The number of benzene rings is 1. The lowest BCUT2D eigenvalue weighted by molar-refractivity contribution is 0.428. The van der Waals surface area contributed by atoms with Crippen LogP contribution in [0.4, 0.5) is 5.69 Å². The van der Waals surface area contributed by atoms with Crippen LogP contribution in [0, 0.1) is 6.92 Å². The lowest BCUT2D eigenvalue weighted by Crippen LogP contribution is -2.27. The molecule has 0 aliphatic carbocycles. The lowest BCUT2D eigenvalue weighted by Gasteiger charge is -2.12. The number of nitrogens with two attached hydrogens (primary N) is 1. The Balaban J connectivity index is 2.29. The average Bonchev–Trinajstić information content (AvgIpc) is 2.78. The van der Waals surface area contributed by atoms with Crippen LogP contribution >= 0.6 is 11.6 Å². The van der Waals surface area contributed by atoms with E-state index in [1.165, 1.54) is 24.4 Å². The highest BCUT2D eigenvalue weighted by atomic mass is 35.5. The fraction of sp³-hybridized carbons (Fsp3) is 0.250. The highest BCUT2D eigenvalue weighted by Crippen LogP contribution is 2.25. The van der Waals surface area contributed by atoms with Gasteiger partial charge in [0.1, 0.15) is 10.7 Å². The number of nitrogens with one attached hydrogen (secondary N) is 1. The van der Waals surface area contributed by atoms with E-state index in [9.17, 15) is 8.42 Å². The molecule has 2 aromatic rings. The Morgan fingerprint density at radius 3 is 2.75 bits per heavy atom. The van der Waals surface area contributed by atoms with E-state index in [1.54, 1.807) is 13.8 Å². The number of nitrogens with zero attached hydrogens (tertiary/aromatic N) is 1. The van der Waals surface area contributed by atoms with Gasteiger partial charge in [-0.2, -0.15) is 4.72 Å². The van der Waals surface area contributed by atoms with E-state index in [-0.39, 0.29) is 15.8 Å². The van der Waals surface area contributed by atoms with Gasteiger partial charge < -0.3 is 10.2 Å². The highest BCUT2D eigenvalue weighted by molar-refractivity contribution is 7.89. The van der Waals surface area contributed by atoms with Crippen LogP contribution < -0.4 is 10.5 Å². The number of anilines is 1. The number of oxazole rings is 1. The number of hydrogen-bond acceptors (Lipinski definition) is 5. The van der Waals surface area contributed by atoms with Crippen molar-refractivity contribution in [3.05, 3.63) is 41.1 Å². The maximum Gasteiger partial charge on any atom is 0.242 e. The van der Waals surface area contributed by atoms with Gasteiger partial charge in [0, 0.05) is 5.69 Å². The van der Waals surface area contributed by atoms with Crippen LogP contribution in [-0.2, 0) is 10.0 Å². The molecule has 6 nitrogen and oxygen atoms in total. The van der Waals surface area contributed by atoms with Crippen molar-refractivity contribution < 1.29 is 12.8 Å². The zero-order valence-electron chi connectivity index (χ0n) is 10.9. The third-order valence-electron chi connectivity index (χ3n) is 2.59. The summed E-state index contributed by atoms with van der Waals surface area (Å²) in [7, 11) is -3.81. The molecule has 3 N–H and O–H groups in total. The minimum atomic E-state index is -3.81. The van der Waals surface area contributed by atoms with Crippen LogP contribution in [0.1, 0.15) is 24.6 Å². The van der Waals surface area contributed by atoms with Crippen LogP contribution in [0.25, 0.3) is 0 Å². The fourth-order valence-corrected chi connectivity index (χ4v) is 3.38. The predicted octanol–water partition coefficient (Wildman–Crippen LogP) is 2.26. The Bertz CT molecular complexity index is 727. The van der Waals surface area contributed by atoms with Crippen molar-refractivity contribution >= 4 is 27.3 Å². The Kier molecular flexibility index (Phi) is 4.03. The first-order valence-electron chi connectivity index (χ1n) is 5.79. The summed E-state index contributed by atoms with van der Waals surface area (Å²) >= 11 is 5.90. The summed E-state index contributed by atoms with van der Waals surface area (Å²) < 4.78 is 32.3. The summed E-state index contributed by atoms with van der Waals surface area (Å²) in [5.74, 6) is 0.888. The predicted molar refractivity (Wildman–Crippen MR) is 75.8 cm³/mol. The summed E-state index contributed by atoms with van der Waals surface area (Å²) in [6, 6.07) is 3.65. The molecule has 108 valence electrons. The van der Waals surface area contributed by atoms with Crippen LogP contribution in [-0.4, -0.2) is 13.4 Å². The van der Waals surface area contributed by atoms with Crippen molar-refractivity contribution in [2.45, 2.75) is 24.8 Å². The van der Waals surface area contributed by atoms with Gasteiger partial charge in [0.15, 0.2) is 0 Å². The zero-order valence-corrected chi connectivity index (χ0v) is 12.5. The lowest BCUT2D eigenvalue weighted by atomic mass is 10.3. The van der Waals surface area contributed by atoms with Crippen molar-refractivity contribution in [2.75, 3.05) is 5.73 Å². The van der Waals surface area contributed by atoms with Crippen molar-refractivity contribution in [3.63, 3.8) is 0 Å². The third kappa shape index (κ3) is 3.12. The Morgan fingerprint density at radius 1 is 1.45 bits per heavy atom. The van der Waals surface area contributed by atoms with Crippen LogP contribution in [0.2, 0.25) is 5.02 Å². The Hall–Kier alpha value is -1.57. The summed E-state index contributed by atoms with van der Waals surface area (Å²) in [5, 5.41) is 0.0995. The molecule has 1 aromatic heterocycles. The van der Waals surface area contributed by atoms with E-state index >= 15 is 0 Å². The molecule has 2 rings (SSSR count). The molecule has 1 heterocycles. The van der Waals surface area contributed by atoms with Gasteiger partial charge in [-0.1, -0.05) is 11.6 Å². The van der Waals surface area contributed by atoms with E-state index in [1.807, 2.05) is 0 Å². The van der Waals surface area contributed by atoms with Gasteiger partial charge in [-0.3, -0.25) is 0 Å². The first kappa shape index (κ1) is 14.8. The quantitative estimate of drug-likeness (QED) is 0.843. The number of hydrogen-bond donors (Lipinski definition) is 2. The summed E-state index contributed by atoms with van der Waals surface area (Å²) in [5.41, 5.74) is 5.90. The van der Waals surface area contributed by atoms with E-state index in [0.717, 1.165) is 0 Å². The number of halogens is 1. The molecule has 0 saturated carbocycles. The average molecular weight is 316 g/mol. The molecule has 0 bridgehead atoms. The molecular weight excluding hydrogens is 302 g/mol. The molecule has 1 aromatic carbocycles. The third-order valence-corrected chi connectivity index (χ3v) is 4.61.